The monoisotopic (exact) mass is 295 g/mol. The van der Waals surface area contributed by atoms with Gasteiger partial charge in [-0.05, 0) is 19.4 Å². The zero-order valence-electron chi connectivity index (χ0n) is 12.0. The van der Waals surface area contributed by atoms with E-state index in [1.807, 2.05) is 5.38 Å². The first kappa shape index (κ1) is 15.1. The van der Waals surface area contributed by atoms with E-state index in [2.05, 4.69) is 9.88 Å². The molecule has 1 amide bonds. The molecule has 20 heavy (non-hydrogen) atoms. The van der Waals surface area contributed by atoms with Gasteiger partial charge < -0.3 is 9.69 Å². The molecule has 1 aromatic heterocycles. The van der Waals surface area contributed by atoms with Crippen molar-refractivity contribution in [2.75, 3.05) is 27.2 Å². The van der Waals surface area contributed by atoms with Gasteiger partial charge in [0.15, 0.2) is 0 Å². The molecule has 0 bridgehead atoms. The highest BCUT2D eigenvalue weighted by Crippen LogP contribution is 2.18. The van der Waals surface area contributed by atoms with Gasteiger partial charge in [0, 0.05) is 38.5 Å². The van der Waals surface area contributed by atoms with Gasteiger partial charge in [-0.25, -0.2) is 4.98 Å². The summed E-state index contributed by atoms with van der Waals surface area (Å²) in [5.41, 5.74) is 1.00. The van der Waals surface area contributed by atoms with Crippen LogP contribution in [-0.4, -0.2) is 54.2 Å². The fourth-order valence-electron chi connectivity index (χ4n) is 2.37. The Bertz CT molecular complexity index is 473. The van der Waals surface area contributed by atoms with Crippen molar-refractivity contribution in [3.05, 3.63) is 16.1 Å². The number of likely N-dealkylation sites (N-methyl/N-ethyl adjacent to an activating group) is 1. The van der Waals surface area contributed by atoms with Crippen molar-refractivity contribution in [3.8, 4) is 0 Å². The summed E-state index contributed by atoms with van der Waals surface area (Å²) in [7, 11) is 3.51. The molecule has 0 saturated carbocycles. The molecule has 1 unspecified atom stereocenters. The quantitative estimate of drug-likeness (QED) is 0.766. The van der Waals surface area contributed by atoms with Gasteiger partial charge >= 0.3 is 0 Å². The summed E-state index contributed by atoms with van der Waals surface area (Å²) < 4.78 is 0. The van der Waals surface area contributed by atoms with Crippen LogP contribution in [0.3, 0.4) is 0 Å². The number of nitrogens with zero attached hydrogens (tertiary/aromatic N) is 3. The summed E-state index contributed by atoms with van der Waals surface area (Å²) in [5, 5.41) is 2.88. The summed E-state index contributed by atoms with van der Waals surface area (Å²) in [5.74, 6) is 0.238. The molecule has 6 heteroatoms. The number of carbonyl (C=O) groups is 2. The fraction of sp³-hybridized carbons (Fsp3) is 0.643. The highest BCUT2D eigenvalue weighted by Gasteiger charge is 2.20. The van der Waals surface area contributed by atoms with E-state index in [0.717, 1.165) is 49.5 Å². The predicted molar refractivity (Wildman–Crippen MR) is 78.6 cm³/mol. The highest BCUT2D eigenvalue weighted by molar-refractivity contribution is 7.09. The number of carbonyl (C=O) groups excluding carboxylic acids is 2. The normalized spacial score (nSPS) is 19.8. The Morgan fingerprint density at radius 3 is 3.10 bits per heavy atom. The lowest BCUT2D eigenvalue weighted by Gasteiger charge is -2.29. The topological polar surface area (TPSA) is 53.5 Å². The smallest absolute Gasteiger partial charge is 0.228 e. The number of amides is 1. The first-order valence-electron chi connectivity index (χ1n) is 6.89. The third-order valence-corrected chi connectivity index (χ3v) is 4.42. The maximum atomic E-state index is 11.6. The zero-order chi connectivity index (χ0) is 14.5. The molecule has 5 nitrogen and oxygen atoms in total. The minimum Gasteiger partial charge on any atom is -0.348 e. The van der Waals surface area contributed by atoms with E-state index in [4.69, 9.17) is 0 Å². The highest BCUT2D eigenvalue weighted by atomic mass is 32.1. The molecule has 1 aliphatic rings. The van der Waals surface area contributed by atoms with Crippen molar-refractivity contribution in [3.63, 3.8) is 0 Å². The molecule has 1 aliphatic heterocycles. The number of thiazole rings is 1. The summed E-state index contributed by atoms with van der Waals surface area (Å²) in [6.45, 7) is 2.62. The van der Waals surface area contributed by atoms with Crippen LogP contribution in [0.25, 0.3) is 0 Å². The summed E-state index contributed by atoms with van der Waals surface area (Å²) >= 11 is 1.54. The van der Waals surface area contributed by atoms with E-state index in [1.54, 1.807) is 19.0 Å². The van der Waals surface area contributed by atoms with E-state index in [1.165, 1.54) is 11.3 Å². The summed E-state index contributed by atoms with van der Waals surface area (Å²) in [6, 6.07) is 0. The van der Waals surface area contributed by atoms with E-state index >= 15 is 0 Å². The molecule has 2 heterocycles. The molecule has 110 valence electrons. The minimum atomic E-state index is 0.0740. The molecule has 1 saturated heterocycles. The SMILES string of the molecule is CN(C)C(=O)Cc1nc(CN2CCCC(C=O)C2)cs1. The van der Waals surface area contributed by atoms with Crippen LogP contribution in [0.15, 0.2) is 5.38 Å². The molecule has 0 aliphatic carbocycles. The molecule has 2 rings (SSSR count). The lowest BCUT2D eigenvalue weighted by molar-refractivity contribution is -0.128. The van der Waals surface area contributed by atoms with Crippen molar-refractivity contribution in [2.45, 2.75) is 25.8 Å². The first-order chi connectivity index (χ1) is 9.58. The molecule has 1 aromatic rings. The van der Waals surface area contributed by atoms with Crippen LogP contribution in [0, 0.1) is 5.92 Å². The zero-order valence-corrected chi connectivity index (χ0v) is 12.9. The van der Waals surface area contributed by atoms with Crippen LogP contribution >= 0.6 is 11.3 Å². The van der Waals surface area contributed by atoms with Crippen molar-refractivity contribution in [2.24, 2.45) is 5.92 Å². The number of hydrogen-bond donors (Lipinski definition) is 0. The largest absolute Gasteiger partial charge is 0.348 e. The molecular weight excluding hydrogens is 274 g/mol. The van der Waals surface area contributed by atoms with Gasteiger partial charge in [0.25, 0.3) is 0 Å². The molecule has 1 atom stereocenters. The Balaban J connectivity index is 1.89. The van der Waals surface area contributed by atoms with Gasteiger partial charge in [0.05, 0.1) is 12.1 Å². The van der Waals surface area contributed by atoms with Crippen LogP contribution in [0.2, 0.25) is 0 Å². The van der Waals surface area contributed by atoms with Crippen LogP contribution in [0.1, 0.15) is 23.5 Å². The predicted octanol–water partition coefficient (Wildman–Crippen LogP) is 1.18. The standard InChI is InChI=1S/C14H21N3O2S/c1-16(2)14(19)6-13-15-12(10-20-13)8-17-5-3-4-11(7-17)9-18/h9-11H,3-8H2,1-2H3. The van der Waals surface area contributed by atoms with Gasteiger partial charge in [0.1, 0.15) is 11.3 Å². The third-order valence-electron chi connectivity index (χ3n) is 3.52. The fourth-order valence-corrected chi connectivity index (χ4v) is 3.14. The number of aromatic nitrogens is 1. The average Bonchev–Trinajstić information content (AvgIpc) is 2.86. The number of aldehydes is 1. The molecule has 0 spiro atoms. The van der Waals surface area contributed by atoms with E-state index in [-0.39, 0.29) is 11.8 Å². The molecule has 0 N–H and O–H groups in total. The van der Waals surface area contributed by atoms with Crippen LogP contribution in [0.5, 0.6) is 0 Å². The first-order valence-corrected chi connectivity index (χ1v) is 7.77. The number of likely N-dealkylation sites (tertiary alicyclic amines) is 1. The lowest BCUT2D eigenvalue weighted by atomic mass is 10.00. The molecule has 0 radical (unpaired) electrons. The van der Waals surface area contributed by atoms with Gasteiger partial charge in [0.2, 0.25) is 5.91 Å². The van der Waals surface area contributed by atoms with Crippen molar-refractivity contribution >= 4 is 23.5 Å². The maximum absolute atomic E-state index is 11.6. The lowest BCUT2D eigenvalue weighted by Crippen LogP contribution is -2.35. The molecule has 1 fully saturated rings. The van der Waals surface area contributed by atoms with Crippen molar-refractivity contribution in [1.82, 2.24) is 14.8 Å². The summed E-state index contributed by atoms with van der Waals surface area (Å²) in [6.07, 6.45) is 3.50. The number of rotatable bonds is 5. The molecular formula is C14H21N3O2S. The Morgan fingerprint density at radius 2 is 2.40 bits per heavy atom. The van der Waals surface area contributed by atoms with Crippen molar-refractivity contribution < 1.29 is 9.59 Å². The average molecular weight is 295 g/mol. The Labute approximate surface area is 123 Å². The number of hydrogen-bond acceptors (Lipinski definition) is 5. The second-order valence-electron chi connectivity index (χ2n) is 5.47. The Morgan fingerprint density at radius 1 is 1.60 bits per heavy atom. The molecule has 0 aromatic carbocycles. The van der Waals surface area contributed by atoms with Gasteiger partial charge in [-0.15, -0.1) is 11.3 Å². The van der Waals surface area contributed by atoms with E-state index in [0.29, 0.717) is 6.42 Å². The van der Waals surface area contributed by atoms with E-state index < -0.39 is 0 Å². The van der Waals surface area contributed by atoms with Crippen molar-refractivity contribution in [1.29, 1.82) is 0 Å². The van der Waals surface area contributed by atoms with Crippen LogP contribution < -0.4 is 0 Å². The van der Waals surface area contributed by atoms with Gasteiger partial charge in [-0.3, -0.25) is 9.69 Å². The maximum Gasteiger partial charge on any atom is 0.228 e. The Kier molecular flexibility index (Phi) is 5.25. The summed E-state index contributed by atoms with van der Waals surface area (Å²) in [4.78, 5) is 30.9. The number of piperidine rings is 1. The Hall–Kier alpha value is -1.27. The van der Waals surface area contributed by atoms with E-state index in [9.17, 15) is 9.59 Å². The van der Waals surface area contributed by atoms with Gasteiger partial charge in [-0.1, -0.05) is 0 Å². The van der Waals surface area contributed by atoms with Gasteiger partial charge in [-0.2, -0.15) is 0 Å². The second-order valence-corrected chi connectivity index (χ2v) is 6.41. The minimum absolute atomic E-state index is 0.0740. The second kappa shape index (κ2) is 6.95. The third kappa shape index (κ3) is 4.11. The van der Waals surface area contributed by atoms with Crippen LogP contribution in [0.4, 0.5) is 0 Å². The van der Waals surface area contributed by atoms with Crippen LogP contribution in [-0.2, 0) is 22.6 Å².